The molecule has 1 N–H and O–H groups in total. The van der Waals surface area contributed by atoms with Gasteiger partial charge in [0.1, 0.15) is 16.3 Å². The lowest BCUT2D eigenvalue weighted by atomic mass is 10.4. The highest BCUT2D eigenvalue weighted by Gasteiger charge is 2.20. The molecule has 0 amide bonds. The molecule has 0 saturated heterocycles. The van der Waals surface area contributed by atoms with E-state index in [-0.39, 0.29) is 5.30 Å². The Kier molecular flexibility index (Phi) is 2.84. The van der Waals surface area contributed by atoms with Crippen LogP contribution in [-0.4, -0.2) is 4.89 Å². The van der Waals surface area contributed by atoms with Crippen LogP contribution in [0.4, 0.5) is 0 Å². The molecule has 0 aliphatic rings. The molecule has 1 aromatic rings. The van der Waals surface area contributed by atoms with Crippen LogP contribution in [0.5, 0.6) is 0 Å². The normalized spacial score (nSPS) is 15.8. The number of hydrogen-bond acceptors (Lipinski definition) is 2. The largest absolute Gasteiger partial charge is 0.369 e. The Hall–Kier alpha value is -0.150. The third kappa shape index (κ3) is 2.14. The van der Waals surface area contributed by atoms with Crippen LogP contribution in [0.2, 0.25) is 0 Å². The Bertz CT molecular complexity index is 274. The summed E-state index contributed by atoms with van der Waals surface area (Å²) < 4.78 is 15.3. The summed E-state index contributed by atoms with van der Waals surface area (Å²) in [5.74, 6) is 0. The van der Waals surface area contributed by atoms with Crippen LogP contribution >= 0.6 is 23.9 Å². The van der Waals surface area contributed by atoms with Crippen LogP contribution in [0.3, 0.4) is 0 Å². The SMILES string of the molecule is O=P(O)(OBr)c1ccccc1. The van der Waals surface area contributed by atoms with Gasteiger partial charge in [-0.2, -0.15) is 0 Å². The molecule has 5 heteroatoms. The Morgan fingerprint density at radius 1 is 1.36 bits per heavy atom. The van der Waals surface area contributed by atoms with Crippen molar-refractivity contribution in [1.29, 1.82) is 0 Å². The average Bonchev–Trinajstić information content (AvgIpc) is 2.06. The first-order valence-corrected chi connectivity index (χ1v) is 5.08. The van der Waals surface area contributed by atoms with Crippen molar-refractivity contribution < 1.29 is 13.1 Å². The highest BCUT2D eigenvalue weighted by Crippen LogP contribution is 2.42. The molecule has 0 aromatic heterocycles. The van der Waals surface area contributed by atoms with Crippen LogP contribution in [0, 0.1) is 0 Å². The van der Waals surface area contributed by atoms with Crippen LogP contribution in [0.1, 0.15) is 0 Å². The summed E-state index contributed by atoms with van der Waals surface area (Å²) in [6.45, 7) is 0. The van der Waals surface area contributed by atoms with Gasteiger partial charge in [-0.3, -0.25) is 4.57 Å². The second-order valence-electron chi connectivity index (χ2n) is 1.92. The quantitative estimate of drug-likeness (QED) is 0.798. The maximum atomic E-state index is 11.1. The van der Waals surface area contributed by atoms with E-state index >= 15 is 0 Å². The zero-order chi connectivity index (χ0) is 8.32. The van der Waals surface area contributed by atoms with Gasteiger partial charge in [0.05, 0.1) is 5.30 Å². The lowest BCUT2D eigenvalue weighted by Gasteiger charge is -2.05. The van der Waals surface area contributed by atoms with Gasteiger partial charge in [0.25, 0.3) is 0 Å². The Morgan fingerprint density at radius 2 is 1.91 bits per heavy atom. The first-order valence-electron chi connectivity index (χ1n) is 2.85. The van der Waals surface area contributed by atoms with Gasteiger partial charge in [-0.05, 0) is 12.1 Å². The first-order chi connectivity index (χ1) is 5.17. The molecule has 11 heavy (non-hydrogen) atoms. The summed E-state index contributed by atoms with van der Waals surface area (Å²) in [7, 11) is -3.61. The molecule has 0 radical (unpaired) electrons. The second-order valence-corrected chi connectivity index (χ2v) is 4.49. The highest BCUT2D eigenvalue weighted by molar-refractivity contribution is 9.06. The van der Waals surface area contributed by atoms with Gasteiger partial charge in [-0.1, -0.05) is 18.2 Å². The van der Waals surface area contributed by atoms with Crippen LogP contribution < -0.4 is 5.30 Å². The highest BCUT2D eigenvalue weighted by atomic mass is 79.9. The third-order valence-corrected chi connectivity index (χ3v) is 3.49. The minimum atomic E-state index is -3.61. The monoisotopic (exact) mass is 236 g/mol. The van der Waals surface area contributed by atoms with E-state index in [9.17, 15) is 4.57 Å². The molecule has 0 spiro atoms. The van der Waals surface area contributed by atoms with Gasteiger partial charge in [-0.25, -0.2) is 3.62 Å². The van der Waals surface area contributed by atoms with Crippen molar-refractivity contribution in [1.82, 2.24) is 0 Å². The predicted molar refractivity (Wildman–Crippen MR) is 45.9 cm³/mol. The van der Waals surface area contributed by atoms with Crippen molar-refractivity contribution in [2.75, 3.05) is 0 Å². The Labute approximate surface area is 73.0 Å². The van der Waals surface area contributed by atoms with Crippen LogP contribution in [0.25, 0.3) is 0 Å². The second kappa shape index (κ2) is 3.50. The molecule has 1 unspecified atom stereocenters. The van der Waals surface area contributed by atoms with E-state index in [1.165, 1.54) is 12.1 Å². The summed E-state index contributed by atoms with van der Waals surface area (Å²) >= 11 is 2.49. The molecule has 60 valence electrons. The van der Waals surface area contributed by atoms with E-state index < -0.39 is 7.60 Å². The Balaban J connectivity index is 3.03. The fraction of sp³-hybridized carbons (Fsp3) is 0. The molecule has 0 fully saturated rings. The van der Waals surface area contributed by atoms with Crippen LogP contribution in [-0.2, 0) is 8.18 Å². The molecule has 0 saturated carbocycles. The van der Waals surface area contributed by atoms with Gasteiger partial charge in [0, 0.05) is 0 Å². The predicted octanol–water partition coefficient (Wildman–Crippen LogP) is 1.82. The van der Waals surface area contributed by atoms with Crippen molar-refractivity contribution in [3.8, 4) is 0 Å². The lowest BCUT2D eigenvalue weighted by Crippen LogP contribution is -2.02. The zero-order valence-corrected chi connectivity index (χ0v) is 7.96. The summed E-state index contributed by atoms with van der Waals surface area (Å²) in [5, 5.41) is 0.275. The topological polar surface area (TPSA) is 46.5 Å². The van der Waals surface area contributed by atoms with E-state index in [1.54, 1.807) is 18.2 Å². The molecule has 0 bridgehead atoms. The summed E-state index contributed by atoms with van der Waals surface area (Å²) in [5.41, 5.74) is 0. The Morgan fingerprint density at radius 3 is 2.36 bits per heavy atom. The van der Waals surface area contributed by atoms with Crippen molar-refractivity contribution in [3.05, 3.63) is 30.3 Å². The van der Waals surface area contributed by atoms with Gasteiger partial charge in [-0.15, -0.1) is 0 Å². The molecule has 0 heterocycles. The van der Waals surface area contributed by atoms with Crippen molar-refractivity contribution >= 4 is 29.2 Å². The molecule has 1 rings (SSSR count). The van der Waals surface area contributed by atoms with Crippen LogP contribution in [0.15, 0.2) is 30.3 Å². The average molecular weight is 237 g/mol. The van der Waals surface area contributed by atoms with Gasteiger partial charge in [0.2, 0.25) is 0 Å². The number of rotatable bonds is 2. The number of halogens is 1. The summed E-state index contributed by atoms with van der Waals surface area (Å²) in [6.07, 6.45) is 0. The molecule has 1 aromatic carbocycles. The molecule has 0 aliphatic heterocycles. The molecular formula is C6H6BrO3P. The first kappa shape index (κ1) is 8.94. The van der Waals surface area contributed by atoms with Crippen molar-refractivity contribution in [3.63, 3.8) is 0 Å². The van der Waals surface area contributed by atoms with Gasteiger partial charge >= 0.3 is 7.60 Å². The standard InChI is InChI=1S/C6H6BrO3P/c7-10-11(8,9)6-4-2-1-3-5-6/h1-5H,(H,8,9). The minimum absolute atomic E-state index is 0.275. The van der Waals surface area contributed by atoms with Gasteiger partial charge < -0.3 is 4.89 Å². The van der Waals surface area contributed by atoms with Crippen molar-refractivity contribution in [2.24, 2.45) is 0 Å². The number of hydrogen-bond donors (Lipinski definition) is 1. The maximum Gasteiger partial charge on any atom is 0.369 e. The van der Waals surface area contributed by atoms with E-state index in [2.05, 4.69) is 19.9 Å². The molecule has 0 aliphatic carbocycles. The molecule has 1 atom stereocenters. The fourth-order valence-electron chi connectivity index (χ4n) is 0.656. The smallest absolute Gasteiger partial charge is 0.320 e. The summed E-state index contributed by atoms with van der Waals surface area (Å²) in [4.78, 5) is 9.08. The fourth-order valence-corrected chi connectivity index (χ4v) is 1.79. The van der Waals surface area contributed by atoms with E-state index in [0.717, 1.165) is 0 Å². The molecule has 3 nitrogen and oxygen atoms in total. The number of benzene rings is 1. The minimum Gasteiger partial charge on any atom is -0.320 e. The lowest BCUT2D eigenvalue weighted by molar-refractivity contribution is 0.422. The van der Waals surface area contributed by atoms with E-state index in [1.807, 2.05) is 0 Å². The van der Waals surface area contributed by atoms with Gasteiger partial charge in [0.15, 0.2) is 0 Å². The maximum absolute atomic E-state index is 11.1. The summed E-state index contributed by atoms with van der Waals surface area (Å²) in [6, 6.07) is 8.16. The van der Waals surface area contributed by atoms with E-state index in [4.69, 9.17) is 4.89 Å². The van der Waals surface area contributed by atoms with E-state index in [0.29, 0.717) is 0 Å². The zero-order valence-electron chi connectivity index (χ0n) is 5.48. The molecular weight excluding hydrogens is 231 g/mol. The third-order valence-electron chi connectivity index (χ3n) is 1.18. The van der Waals surface area contributed by atoms with Crippen molar-refractivity contribution in [2.45, 2.75) is 0 Å².